The largest absolute Gasteiger partial charge is 0.417 e. The summed E-state index contributed by atoms with van der Waals surface area (Å²) in [5, 5.41) is 2.57. The smallest absolute Gasteiger partial charge is 0.350 e. The van der Waals surface area contributed by atoms with Crippen molar-refractivity contribution in [3.05, 3.63) is 64.1 Å². The molecule has 0 bridgehead atoms. The minimum atomic E-state index is -4.59. The van der Waals surface area contributed by atoms with Gasteiger partial charge in [-0.2, -0.15) is 13.2 Å². The lowest BCUT2D eigenvalue weighted by Gasteiger charge is -2.16. The van der Waals surface area contributed by atoms with Gasteiger partial charge in [0.25, 0.3) is 5.56 Å². The number of alkyl halides is 3. The predicted octanol–water partition coefficient (Wildman–Crippen LogP) is 2.31. The van der Waals surface area contributed by atoms with Gasteiger partial charge in [0.15, 0.2) is 0 Å². The number of nitrogens with one attached hydrogen (secondary N) is 1. The van der Waals surface area contributed by atoms with Gasteiger partial charge in [0, 0.05) is 37.5 Å². The van der Waals surface area contributed by atoms with E-state index in [0.29, 0.717) is 25.2 Å². The first kappa shape index (κ1) is 19.7. The molecule has 0 aliphatic carbocycles. The van der Waals surface area contributed by atoms with E-state index in [4.69, 9.17) is 0 Å². The van der Waals surface area contributed by atoms with E-state index in [0.717, 1.165) is 28.3 Å². The molecule has 2 heterocycles. The highest BCUT2D eigenvalue weighted by Crippen LogP contribution is 2.28. The van der Waals surface area contributed by atoms with Gasteiger partial charge in [-0.3, -0.25) is 14.4 Å². The van der Waals surface area contributed by atoms with Gasteiger partial charge >= 0.3 is 6.18 Å². The van der Waals surface area contributed by atoms with Crippen molar-refractivity contribution in [1.82, 2.24) is 9.88 Å². The van der Waals surface area contributed by atoms with Crippen molar-refractivity contribution in [2.75, 3.05) is 11.4 Å². The fraction of sp³-hybridized carbons (Fsp3) is 0.316. The van der Waals surface area contributed by atoms with Crippen molar-refractivity contribution < 1.29 is 22.8 Å². The molecule has 6 nitrogen and oxygen atoms in total. The van der Waals surface area contributed by atoms with Crippen molar-refractivity contribution in [1.29, 1.82) is 0 Å². The van der Waals surface area contributed by atoms with Gasteiger partial charge in [0.05, 0.1) is 5.56 Å². The van der Waals surface area contributed by atoms with E-state index in [1.165, 1.54) is 0 Å². The summed E-state index contributed by atoms with van der Waals surface area (Å²) >= 11 is 0. The van der Waals surface area contributed by atoms with Crippen molar-refractivity contribution in [3.63, 3.8) is 0 Å². The zero-order chi connectivity index (χ0) is 20.3. The monoisotopic (exact) mass is 393 g/mol. The summed E-state index contributed by atoms with van der Waals surface area (Å²) in [6.45, 7) is 0.324. The number of amides is 2. The average Bonchev–Trinajstić information content (AvgIpc) is 3.07. The molecule has 1 aliphatic rings. The topological polar surface area (TPSA) is 71.4 Å². The van der Waals surface area contributed by atoms with Gasteiger partial charge in [-0.05, 0) is 30.2 Å². The first-order valence-corrected chi connectivity index (χ1v) is 8.68. The van der Waals surface area contributed by atoms with E-state index < -0.39 is 29.8 Å². The van der Waals surface area contributed by atoms with Gasteiger partial charge in [0.2, 0.25) is 11.8 Å². The third-order valence-electron chi connectivity index (χ3n) is 4.44. The lowest BCUT2D eigenvalue weighted by atomic mass is 10.2. The fourth-order valence-electron chi connectivity index (χ4n) is 2.95. The lowest BCUT2D eigenvalue weighted by molar-refractivity contribution is -0.138. The highest BCUT2D eigenvalue weighted by Gasteiger charge is 2.31. The summed E-state index contributed by atoms with van der Waals surface area (Å²) in [5.41, 5.74) is -0.136. The van der Waals surface area contributed by atoms with Gasteiger partial charge in [-0.1, -0.05) is 12.1 Å². The highest BCUT2D eigenvalue weighted by molar-refractivity contribution is 5.95. The number of hydrogen-bond acceptors (Lipinski definition) is 3. The fourth-order valence-corrected chi connectivity index (χ4v) is 2.95. The summed E-state index contributed by atoms with van der Waals surface area (Å²) in [5.74, 6) is -0.507. The van der Waals surface area contributed by atoms with Crippen LogP contribution in [0.2, 0.25) is 0 Å². The van der Waals surface area contributed by atoms with E-state index in [9.17, 15) is 27.6 Å². The third kappa shape index (κ3) is 4.59. The van der Waals surface area contributed by atoms with Gasteiger partial charge in [0.1, 0.15) is 6.54 Å². The number of pyridine rings is 1. The molecule has 0 atom stereocenters. The maximum atomic E-state index is 12.7. The van der Waals surface area contributed by atoms with Crippen molar-refractivity contribution >= 4 is 17.5 Å². The molecule has 2 amide bonds. The highest BCUT2D eigenvalue weighted by atomic mass is 19.4. The summed E-state index contributed by atoms with van der Waals surface area (Å²) < 4.78 is 38.9. The van der Waals surface area contributed by atoms with E-state index in [2.05, 4.69) is 5.32 Å². The lowest BCUT2D eigenvalue weighted by Crippen LogP contribution is -2.32. The molecule has 1 aromatic carbocycles. The molecular formula is C19H18F3N3O3. The minimum absolute atomic E-state index is 0.0765. The molecule has 0 saturated carbocycles. The molecule has 1 saturated heterocycles. The third-order valence-corrected chi connectivity index (χ3v) is 4.44. The molecular weight excluding hydrogens is 375 g/mol. The van der Waals surface area contributed by atoms with Crippen molar-refractivity contribution in [2.45, 2.75) is 32.1 Å². The quantitative estimate of drug-likeness (QED) is 0.848. The Morgan fingerprint density at radius 3 is 2.39 bits per heavy atom. The standard InChI is InChI=1S/C19H18F3N3O3/c20-19(21,22)14-5-8-17(27)24(11-14)12-16(26)23-10-13-3-6-15(7-4-13)25-9-1-2-18(25)28/h3-8,11H,1-2,9-10,12H2,(H,23,26). The van der Waals surface area contributed by atoms with Crippen LogP contribution in [-0.4, -0.2) is 22.9 Å². The molecule has 0 spiro atoms. The Labute approximate surface area is 158 Å². The SMILES string of the molecule is O=C(Cn1cc(C(F)(F)F)ccc1=O)NCc1ccc(N2CCCC2=O)cc1. The molecule has 148 valence electrons. The number of carbonyl (C=O) groups excluding carboxylic acids is 2. The van der Waals surface area contributed by atoms with Gasteiger partial charge in [-0.15, -0.1) is 0 Å². The number of nitrogens with zero attached hydrogens (tertiary/aromatic N) is 2. The van der Waals surface area contributed by atoms with Crippen LogP contribution in [0.3, 0.4) is 0 Å². The van der Waals surface area contributed by atoms with E-state index in [-0.39, 0.29) is 12.5 Å². The van der Waals surface area contributed by atoms with Crippen LogP contribution >= 0.6 is 0 Å². The molecule has 0 radical (unpaired) electrons. The predicted molar refractivity (Wildman–Crippen MR) is 95.6 cm³/mol. The van der Waals surface area contributed by atoms with Crippen LogP contribution in [0.15, 0.2) is 47.4 Å². The number of benzene rings is 1. The average molecular weight is 393 g/mol. The van der Waals surface area contributed by atoms with Crippen LogP contribution in [0, 0.1) is 0 Å². The Kier molecular flexibility index (Phi) is 5.53. The second-order valence-corrected chi connectivity index (χ2v) is 6.47. The Bertz CT molecular complexity index is 936. The first-order valence-electron chi connectivity index (χ1n) is 8.68. The number of hydrogen-bond donors (Lipinski definition) is 1. The number of carbonyl (C=O) groups is 2. The number of halogens is 3. The Hall–Kier alpha value is -3.10. The normalized spacial score (nSPS) is 14.4. The molecule has 1 N–H and O–H groups in total. The molecule has 1 fully saturated rings. The van der Waals surface area contributed by atoms with Crippen LogP contribution in [-0.2, 0) is 28.9 Å². The van der Waals surface area contributed by atoms with Gasteiger partial charge in [-0.25, -0.2) is 0 Å². The molecule has 2 aromatic rings. The van der Waals surface area contributed by atoms with Crippen LogP contribution in [0.25, 0.3) is 0 Å². The van der Waals surface area contributed by atoms with Crippen LogP contribution in [0.5, 0.6) is 0 Å². The molecule has 1 aromatic heterocycles. The zero-order valence-electron chi connectivity index (χ0n) is 14.8. The Morgan fingerprint density at radius 1 is 1.07 bits per heavy atom. The van der Waals surface area contributed by atoms with Crippen LogP contribution in [0.1, 0.15) is 24.0 Å². The number of anilines is 1. The molecule has 28 heavy (non-hydrogen) atoms. The van der Waals surface area contributed by atoms with E-state index in [1.807, 2.05) is 0 Å². The molecule has 9 heteroatoms. The maximum absolute atomic E-state index is 12.7. The van der Waals surface area contributed by atoms with Crippen LogP contribution in [0.4, 0.5) is 18.9 Å². The first-order chi connectivity index (χ1) is 13.2. The van der Waals surface area contributed by atoms with Crippen molar-refractivity contribution in [2.24, 2.45) is 0 Å². The van der Waals surface area contributed by atoms with Crippen molar-refractivity contribution in [3.8, 4) is 0 Å². The second kappa shape index (κ2) is 7.87. The van der Waals surface area contributed by atoms with Crippen LogP contribution < -0.4 is 15.8 Å². The van der Waals surface area contributed by atoms with E-state index in [1.54, 1.807) is 29.2 Å². The minimum Gasteiger partial charge on any atom is -0.350 e. The molecule has 3 rings (SSSR count). The summed E-state index contributed by atoms with van der Waals surface area (Å²) in [6, 6.07) is 8.55. The molecule has 1 aliphatic heterocycles. The summed E-state index contributed by atoms with van der Waals surface area (Å²) in [6.07, 6.45) is -2.60. The number of aromatic nitrogens is 1. The van der Waals surface area contributed by atoms with E-state index >= 15 is 0 Å². The molecule has 0 unspecified atom stereocenters. The maximum Gasteiger partial charge on any atom is 0.417 e. The zero-order valence-corrected chi connectivity index (χ0v) is 14.8. The number of rotatable bonds is 5. The van der Waals surface area contributed by atoms with Gasteiger partial charge < -0.3 is 14.8 Å². The summed E-state index contributed by atoms with van der Waals surface area (Å²) in [7, 11) is 0. The summed E-state index contributed by atoms with van der Waals surface area (Å²) in [4.78, 5) is 37.1. The Balaban J connectivity index is 1.59. The second-order valence-electron chi connectivity index (χ2n) is 6.47. The Morgan fingerprint density at radius 2 is 1.79 bits per heavy atom.